The zero-order valence-electron chi connectivity index (χ0n) is 22.8. The highest BCUT2D eigenvalue weighted by atomic mass is 16.5. The Labute approximate surface area is 236 Å². The second-order valence-corrected chi connectivity index (χ2v) is 10.4. The third kappa shape index (κ3) is 4.85. The number of hydrogen-bond acceptors (Lipinski definition) is 4. The minimum atomic E-state index is -0.834. The lowest BCUT2D eigenvalue weighted by molar-refractivity contribution is -0.147. The summed E-state index contributed by atoms with van der Waals surface area (Å²) in [6.45, 7) is 1.85. The van der Waals surface area contributed by atoms with Crippen molar-refractivity contribution in [2.24, 2.45) is 0 Å². The Balaban J connectivity index is 1.41. The summed E-state index contributed by atoms with van der Waals surface area (Å²) < 4.78 is 12.4. The maximum absolute atomic E-state index is 11.6. The second kappa shape index (κ2) is 11.7. The molecule has 0 aromatic heterocycles. The molecule has 5 aromatic rings. The van der Waals surface area contributed by atoms with Crippen LogP contribution in [0.15, 0.2) is 133 Å². The molecule has 1 aliphatic heterocycles. The summed E-state index contributed by atoms with van der Waals surface area (Å²) in [5.41, 5.74) is 3.86. The van der Waals surface area contributed by atoms with Crippen LogP contribution in [0.2, 0.25) is 0 Å². The summed E-state index contributed by atoms with van der Waals surface area (Å²) in [4.78, 5) is 2.50. The minimum absolute atomic E-state index is 0.337. The van der Waals surface area contributed by atoms with E-state index in [2.05, 4.69) is 120 Å². The second-order valence-electron chi connectivity index (χ2n) is 10.4. The van der Waals surface area contributed by atoms with Gasteiger partial charge in [0, 0.05) is 20.2 Å². The first-order chi connectivity index (χ1) is 19.7. The Bertz CT molecular complexity index is 1430. The van der Waals surface area contributed by atoms with Gasteiger partial charge in [0.15, 0.2) is 0 Å². The van der Waals surface area contributed by atoms with Crippen molar-refractivity contribution < 1.29 is 14.6 Å². The molecule has 5 aromatic carbocycles. The van der Waals surface area contributed by atoms with Crippen molar-refractivity contribution in [2.75, 3.05) is 26.8 Å². The summed E-state index contributed by atoms with van der Waals surface area (Å²) in [5, 5.41) is 13.8. The van der Waals surface area contributed by atoms with Crippen molar-refractivity contribution in [1.29, 1.82) is 0 Å². The molecule has 0 spiro atoms. The molecule has 4 nitrogen and oxygen atoms in total. The smallest absolute Gasteiger partial charge is 0.114 e. The average Bonchev–Trinajstić information content (AvgIpc) is 3.03. The number of fused-ring (bicyclic) bond motifs is 1. The van der Waals surface area contributed by atoms with Crippen LogP contribution in [0.5, 0.6) is 0 Å². The van der Waals surface area contributed by atoms with E-state index in [0.29, 0.717) is 13.2 Å². The van der Waals surface area contributed by atoms with Gasteiger partial charge in [0.25, 0.3) is 0 Å². The molecular weight excluding hydrogens is 494 g/mol. The summed E-state index contributed by atoms with van der Waals surface area (Å²) in [7, 11) is 1.66. The van der Waals surface area contributed by atoms with Crippen LogP contribution in [0.3, 0.4) is 0 Å². The Morgan fingerprint density at radius 1 is 0.725 bits per heavy atom. The first kappa shape index (κ1) is 26.4. The molecule has 3 atom stereocenters. The quantitative estimate of drug-likeness (QED) is 0.231. The molecule has 1 heterocycles. The lowest BCUT2D eigenvalue weighted by atomic mass is 9.75. The molecule has 1 N–H and O–H groups in total. The fourth-order valence-electron chi connectivity index (χ4n) is 6.33. The van der Waals surface area contributed by atoms with E-state index in [9.17, 15) is 5.11 Å². The van der Waals surface area contributed by atoms with Crippen LogP contribution in [0.1, 0.15) is 28.4 Å². The topological polar surface area (TPSA) is 41.9 Å². The van der Waals surface area contributed by atoms with Gasteiger partial charge in [-0.3, -0.25) is 4.90 Å². The van der Waals surface area contributed by atoms with Gasteiger partial charge < -0.3 is 14.6 Å². The highest BCUT2D eigenvalue weighted by Gasteiger charge is 2.46. The first-order valence-corrected chi connectivity index (χ1v) is 13.9. The Kier molecular flexibility index (Phi) is 7.76. The molecule has 1 fully saturated rings. The number of nitrogens with zero attached hydrogens (tertiary/aromatic N) is 1. The Morgan fingerprint density at radius 2 is 1.25 bits per heavy atom. The fraction of sp³-hybridized carbons (Fsp3) is 0.222. The number of aliphatic hydroxyl groups excluding tert-OH is 1. The number of aliphatic hydroxyl groups is 1. The number of benzene rings is 5. The highest BCUT2D eigenvalue weighted by Crippen LogP contribution is 2.43. The van der Waals surface area contributed by atoms with Gasteiger partial charge in [-0.05, 0) is 39.1 Å². The van der Waals surface area contributed by atoms with E-state index in [1.54, 1.807) is 7.11 Å². The van der Waals surface area contributed by atoms with E-state index >= 15 is 0 Å². The van der Waals surface area contributed by atoms with Crippen LogP contribution in [0.4, 0.5) is 0 Å². The zero-order valence-corrected chi connectivity index (χ0v) is 22.8. The summed E-state index contributed by atoms with van der Waals surface area (Å²) >= 11 is 0. The molecule has 1 aliphatic rings. The van der Waals surface area contributed by atoms with Gasteiger partial charge in [-0.15, -0.1) is 0 Å². The molecule has 202 valence electrons. The normalized spacial score (nSPS) is 17.9. The molecule has 6 rings (SSSR count). The van der Waals surface area contributed by atoms with Crippen molar-refractivity contribution >= 4 is 10.8 Å². The number of ether oxygens (including phenoxy) is 2. The van der Waals surface area contributed by atoms with Crippen LogP contribution in [0.25, 0.3) is 10.8 Å². The molecule has 40 heavy (non-hydrogen) atoms. The third-order valence-corrected chi connectivity index (χ3v) is 8.21. The minimum Gasteiger partial charge on any atom is -0.386 e. The molecule has 0 radical (unpaired) electrons. The predicted octanol–water partition coefficient (Wildman–Crippen LogP) is 6.58. The van der Waals surface area contributed by atoms with E-state index in [0.717, 1.165) is 22.9 Å². The van der Waals surface area contributed by atoms with Crippen LogP contribution < -0.4 is 0 Å². The van der Waals surface area contributed by atoms with Gasteiger partial charge in [0.1, 0.15) is 12.2 Å². The predicted molar refractivity (Wildman–Crippen MR) is 160 cm³/mol. The van der Waals surface area contributed by atoms with Gasteiger partial charge in [-0.1, -0.05) is 127 Å². The summed E-state index contributed by atoms with van der Waals surface area (Å²) in [5.74, 6) is 0. The Hall–Kier alpha value is -3.80. The van der Waals surface area contributed by atoms with E-state index in [4.69, 9.17) is 9.47 Å². The van der Waals surface area contributed by atoms with E-state index in [-0.39, 0.29) is 6.10 Å². The van der Waals surface area contributed by atoms with Crippen LogP contribution in [-0.4, -0.2) is 49.0 Å². The van der Waals surface area contributed by atoms with Crippen molar-refractivity contribution in [1.82, 2.24) is 4.90 Å². The van der Waals surface area contributed by atoms with Crippen LogP contribution >= 0.6 is 0 Å². The van der Waals surface area contributed by atoms with Gasteiger partial charge in [-0.2, -0.15) is 0 Å². The average molecular weight is 530 g/mol. The zero-order chi connectivity index (χ0) is 27.4. The van der Waals surface area contributed by atoms with E-state index < -0.39 is 17.7 Å². The van der Waals surface area contributed by atoms with E-state index in [1.165, 1.54) is 16.7 Å². The third-order valence-electron chi connectivity index (χ3n) is 8.21. The molecule has 0 aliphatic carbocycles. The number of hydrogen-bond donors (Lipinski definition) is 1. The van der Waals surface area contributed by atoms with Crippen molar-refractivity contribution in [3.63, 3.8) is 0 Å². The monoisotopic (exact) mass is 529 g/mol. The van der Waals surface area contributed by atoms with Crippen molar-refractivity contribution in [3.8, 4) is 0 Å². The summed E-state index contributed by atoms with van der Waals surface area (Å²) in [6, 6.07) is 46.4. The van der Waals surface area contributed by atoms with Gasteiger partial charge in [0.05, 0.1) is 18.2 Å². The largest absolute Gasteiger partial charge is 0.386 e. The molecule has 3 unspecified atom stereocenters. The maximum Gasteiger partial charge on any atom is 0.114 e. The van der Waals surface area contributed by atoms with E-state index in [1.807, 2.05) is 18.2 Å². The molecular formula is C36H35NO3. The van der Waals surface area contributed by atoms with Crippen LogP contribution in [-0.2, 0) is 15.0 Å². The molecule has 0 bridgehead atoms. The standard InChI is InChI=1S/C36H35NO3/c1-39-35(34(38)29-22-21-27-13-11-12-14-28(27)25-29)33-26-37(23-24-40-33)36(30-15-5-2-6-16-30,31-17-7-3-8-18-31)32-19-9-4-10-20-32/h2-22,25,33-35,38H,23-24,26H2,1H3. The molecule has 0 saturated carbocycles. The van der Waals surface area contributed by atoms with Crippen molar-refractivity contribution in [2.45, 2.75) is 23.9 Å². The van der Waals surface area contributed by atoms with Crippen molar-refractivity contribution in [3.05, 3.63) is 156 Å². The number of morpholine rings is 1. The molecule has 0 amide bonds. The number of rotatable bonds is 8. The summed E-state index contributed by atoms with van der Waals surface area (Å²) in [6.07, 6.45) is -1.71. The van der Waals surface area contributed by atoms with Gasteiger partial charge in [-0.25, -0.2) is 0 Å². The highest BCUT2D eigenvalue weighted by molar-refractivity contribution is 5.83. The maximum atomic E-state index is 11.6. The molecule has 1 saturated heterocycles. The lowest BCUT2D eigenvalue weighted by Gasteiger charge is -2.50. The Morgan fingerprint density at radius 3 is 1.80 bits per heavy atom. The van der Waals surface area contributed by atoms with Crippen LogP contribution in [0, 0.1) is 0 Å². The van der Waals surface area contributed by atoms with Gasteiger partial charge in [0.2, 0.25) is 0 Å². The number of methoxy groups -OCH3 is 1. The fourth-order valence-corrected chi connectivity index (χ4v) is 6.33. The SMILES string of the molecule is COC(C1CN(C(c2ccccc2)(c2ccccc2)c2ccccc2)CCO1)C(O)c1ccc2ccccc2c1. The lowest BCUT2D eigenvalue weighted by Crippen LogP contribution is -2.58. The molecule has 4 heteroatoms. The first-order valence-electron chi connectivity index (χ1n) is 13.9. The van der Waals surface area contributed by atoms with Gasteiger partial charge >= 0.3 is 0 Å².